The third kappa shape index (κ3) is 3.54. The first-order chi connectivity index (χ1) is 15.1. The minimum Gasteiger partial charge on any atom is -0.503 e. The van der Waals surface area contributed by atoms with E-state index in [-0.39, 0.29) is 48.2 Å². The molecule has 1 unspecified atom stereocenters. The lowest BCUT2D eigenvalue weighted by Crippen LogP contribution is -2.53. The van der Waals surface area contributed by atoms with E-state index < -0.39 is 34.6 Å². The van der Waals surface area contributed by atoms with E-state index >= 15 is 0 Å². The fourth-order valence-corrected chi connectivity index (χ4v) is 4.47. The molecule has 0 bridgehead atoms. The molecule has 0 radical (unpaired) electrons. The number of nitrogens with zero attached hydrogens (tertiary/aromatic N) is 3. The highest BCUT2D eigenvalue weighted by atomic mass is 19.1. The summed E-state index contributed by atoms with van der Waals surface area (Å²) < 4.78 is 28.3. The van der Waals surface area contributed by atoms with Gasteiger partial charge in [0.1, 0.15) is 23.4 Å². The third-order valence-corrected chi connectivity index (χ3v) is 6.07. The van der Waals surface area contributed by atoms with Crippen molar-refractivity contribution >= 4 is 11.8 Å². The van der Waals surface area contributed by atoms with Crippen molar-refractivity contribution < 1.29 is 23.5 Å². The second-order valence-corrected chi connectivity index (χ2v) is 8.47. The number of aromatic nitrogens is 1. The molecule has 3 heterocycles. The SMILES string of the molecule is CC(C)N1C[C@@H](C)N2C(=O)c3c(O)c(=O)c(C(=O)NCc4ccc(F)cc4F)cn3CC12. The van der Waals surface area contributed by atoms with Gasteiger partial charge >= 0.3 is 0 Å². The second kappa shape index (κ2) is 8.01. The summed E-state index contributed by atoms with van der Waals surface area (Å²) in [7, 11) is 0. The Kier molecular flexibility index (Phi) is 5.49. The van der Waals surface area contributed by atoms with Crippen molar-refractivity contribution in [2.45, 2.75) is 52.1 Å². The maximum atomic E-state index is 13.8. The van der Waals surface area contributed by atoms with E-state index in [2.05, 4.69) is 10.2 Å². The first-order valence-electron chi connectivity index (χ1n) is 10.4. The van der Waals surface area contributed by atoms with Crippen LogP contribution in [-0.4, -0.2) is 56.1 Å². The molecule has 10 heteroatoms. The predicted molar refractivity (Wildman–Crippen MR) is 111 cm³/mol. The van der Waals surface area contributed by atoms with Crippen LogP contribution in [0.4, 0.5) is 8.78 Å². The van der Waals surface area contributed by atoms with Crippen molar-refractivity contribution in [2.75, 3.05) is 6.54 Å². The summed E-state index contributed by atoms with van der Waals surface area (Å²) in [6.07, 6.45) is 0.987. The van der Waals surface area contributed by atoms with Gasteiger partial charge in [0.2, 0.25) is 5.43 Å². The summed E-state index contributed by atoms with van der Waals surface area (Å²) in [5.41, 5.74) is -1.45. The van der Waals surface area contributed by atoms with Gasteiger partial charge < -0.3 is 19.9 Å². The van der Waals surface area contributed by atoms with E-state index in [1.807, 2.05) is 20.8 Å². The topological polar surface area (TPSA) is 94.9 Å². The number of fused-ring (bicyclic) bond motifs is 2. The van der Waals surface area contributed by atoms with Gasteiger partial charge in [0, 0.05) is 43.0 Å². The summed E-state index contributed by atoms with van der Waals surface area (Å²) in [5.74, 6) is -3.66. The van der Waals surface area contributed by atoms with Crippen molar-refractivity contribution in [2.24, 2.45) is 0 Å². The highest BCUT2D eigenvalue weighted by molar-refractivity contribution is 5.99. The normalized spacial score (nSPS) is 20.4. The minimum atomic E-state index is -0.979. The molecule has 1 saturated heterocycles. The molecule has 1 aromatic carbocycles. The molecular formula is C22H24F2N4O4. The lowest BCUT2D eigenvalue weighted by Gasteiger charge is -2.38. The number of aromatic hydroxyl groups is 1. The monoisotopic (exact) mass is 446 g/mol. The lowest BCUT2D eigenvalue weighted by molar-refractivity contribution is 0.0404. The third-order valence-electron chi connectivity index (χ3n) is 6.07. The van der Waals surface area contributed by atoms with Gasteiger partial charge in [0.15, 0.2) is 11.4 Å². The van der Waals surface area contributed by atoms with Crippen molar-refractivity contribution in [3.63, 3.8) is 0 Å². The van der Waals surface area contributed by atoms with E-state index in [0.717, 1.165) is 6.07 Å². The average Bonchev–Trinajstić information content (AvgIpc) is 3.06. The Balaban J connectivity index is 1.65. The number of carbonyl (C=O) groups is 2. The van der Waals surface area contributed by atoms with Crippen LogP contribution in [0.25, 0.3) is 0 Å². The molecule has 0 saturated carbocycles. The Bertz CT molecular complexity index is 1160. The van der Waals surface area contributed by atoms with Gasteiger partial charge in [0.05, 0.1) is 6.54 Å². The summed E-state index contributed by atoms with van der Waals surface area (Å²) in [6, 6.07) is 3.03. The Hall–Kier alpha value is -3.27. The zero-order valence-corrected chi connectivity index (χ0v) is 17.9. The highest BCUT2D eigenvalue weighted by Crippen LogP contribution is 2.32. The number of carbonyl (C=O) groups excluding carboxylic acids is 2. The maximum Gasteiger partial charge on any atom is 0.276 e. The molecule has 1 aromatic heterocycles. The Morgan fingerprint density at radius 3 is 2.62 bits per heavy atom. The summed E-state index contributed by atoms with van der Waals surface area (Å²) in [5, 5.41) is 12.9. The van der Waals surface area contributed by atoms with Crippen LogP contribution in [0.1, 0.15) is 47.2 Å². The zero-order chi connectivity index (χ0) is 23.3. The van der Waals surface area contributed by atoms with E-state index in [9.17, 15) is 28.3 Å². The van der Waals surface area contributed by atoms with E-state index in [1.54, 1.807) is 4.90 Å². The first-order valence-corrected chi connectivity index (χ1v) is 10.4. The van der Waals surface area contributed by atoms with Crippen LogP contribution in [0.3, 0.4) is 0 Å². The van der Waals surface area contributed by atoms with Crippen molar-refractivity contribution in [1.82, 2.24) is 19.7 Å². The quantitative estimate of drug-likeness (QED) is 0.745. The number of pyridine rings is 1. The number of benzene rings is 1. The van der Waals surface area contributed by atoms with E-state index in [1.165, 1.54) is 16.8 Å². The van der Waals surface area contributed by atoms with Gasteiger partial charge in [-0.25, -0.2) is 8.78 Å². The van der Waals surface area contributed by atoms with Crippen LogP contribution < -0.4 is 10.7 Å². The number of halogens is 2. The molecule has 2 aliphatic heterocycles. The second-order valence-electron chi connectivity index (χ2n) is 8.47. The Labute approximate surface area is 183 Å². The Morgan fingerprint density at radius 2 is 1.97 bits per heavy atom. The Morgan fingerprint density at radius 1 is 1.25 bits per heavy atom. The van der Waals surface area contributed by atoms with Crippen LogP contribution in [-0.2, 0) is 13.1 Å². The van der Waals surface area contributed by atoms with Crippen LogP contribution in [0.5, 0.6) is 5.75 Å². The fraction of sp³-hybridized carbons (Fsp3) is 0.409. The molecule has 2 aliphatic rings. The molecular weight excluding hydrogens is 422 g/mol. The maximum absolute atomic E-state index is 13.8. The van der Waals surface area contributed by atoms with Gasteiger partial charge in [-0.2, -0.15) is 0 Å². The number of nitrogens with one attached hydrogen (secondary N) is 1. The molecule has 2 amide bonds. The van der Waals surface area contributed by atoms with Crippen molar-refractivity contribution in [3.8, 4) is 5.75 Å². The van der Waals surface area contributed by atoms with Crippen LogP contribution >= 0.6 is 0 Å². The largest absolute Gasteiger partial charge is 0.503 e. The molecule has 0 spiro atoms. The molecule has 1 fully saturated rings. The first kappa shape index (κ1) is 21.9. The standard InChI is InChI=1S/C22H24F2N4O4/c1-11(2)27-8-12(3)28-17(27)10-26-9-15(19(29)20(30)18(26)22(28)32)21(31)25-7-13-4-5-14(23)6-16(13)24/h4-6,9,11-12,17,30H,7-8,10H2,1-3H3,(H,25,31)/t12-,17?/m1/s1. The van der Waals surface area contributed by atoms with Gasteiger partial charge in [-0.05, 0) is 26.8 Å². The van der Waals surface area contributed by atoms with Crippen molar-refractivity contribution in [3.05, 3.63) is 63.1 Å². The number of hydrogen-bond donors (Lipinski definition) is 2. The molecule has 2 aromatic rings. The van der Waals surface area contributed by atoms with Crippen LogP contribution in [0.2, 0.25) is 0 Å². The predicted octanol–water partition coefficient (Wildman–Crippen LogP) is 1.66. The average molecular weight is 446 g/mol. The zero-order valence-electron chi connectivity index (χ0n) is 17.9. The summed E-state index contributed by atoms with van der Waals surface area (Å²) >= 11 is 0. The van der Waals surface area contributed by atoms with E-state index in [0.29, 0.717) is 12.6 Å². The lowest BCUT2D eigenvalue weighted by atomic mass is 10.1. The molecule has 0 aliphatic carbocycles. The summed E-state index contributed by atoms with van der Waals surface area (Å²) in [4.78, 5) is 42.2. The van der Waals surface area contributed by atoms with Gasteiger partial charge in [-0.1, -0.05) is 6.07 Å². The molecule has 8 nitrogen and oxygen atoms in total. The number of amides is 2. The van der Waals surface area contributed by atoms with Crippen molar-refractivity contribution in [1.29, 1.82) is 0 Å². The number of rotatable bonds is 4. The molecule has 170 valence electrons. The molecule has 32 heavy (non-hydrogen) atoms. The van der Waals surface area contributed by atoms with Crippen LogP contribution in [0, 0.1) is 11.6 Å². The smallest absolute Gasteiger partial charge is 0.276 e. The van der Waals surface area contributed by atoms with Gasteiger partial charge in [-0.15, -0.1) is 0 Å². The minimum absolute atomic E-state index is 0.0420. The van der Waals surface area contributed by atoms with Gasteiger partial charge in [0.25, 0.3) is 11.8 Å². The molecule has 2 N–H and O–H groups in total. The molecule has 2 atom stereocenters. The van der Waals surface area contributed by atoms with E-state index in [4.69, 9.17) is 0 Å². The number of hydrogen-bond acceptors (Lipinski definition) is 5. The molecule has 4 rings (SSSR count). The fourth-order valence-electron chi connectivity index (χ4n) is 4.47. The highest BCUT2D eigenvalue weighted by Gasteiger charge is 2.46. The summed E-state index contributed by atoms with van der Waals surface area (Å²) in [6.45, 7) is 6.61. The van der Waals surface area contributed by atoms with Gasteiger partial charge in [-0.3, -0.25) is 19.3 Å². The van der Waals surface area contributed by atoms with Crippen LogP contribution in [0.15, 0.2) is 29.2 Å².